The van der Waals surface area contributed by atoms with E-state index in [-0.39, 0.29) is 5.91 Å². The summed E-state index contributed by atoms with van der Waals surface area (Å²) in [6.07, 6.45) is 3.64. The molecule has 1 saturated carbocycles. The number of benzene rings is 1. The number of hydrogen-bond donors (Lipinski definition) is 1. The second kappa shape index (κ2) is 4.73. The summed E-state index contributed by atoms with van der Waals surface area (Å²) in [5, 5.41) is 3.35. The Morgan fingerprint density at radius 2 is 2.22 bits per heavy atom. The van der Waals surface area contributed by atoms with Gasteiger partial charge >= 0.3 is 0 Å². The van der Waals surface area contributed by atoms with Gasteiger partial charge in [0.1, 0.15) is 0 Å². The van der Waals surface area contributed by atoms with Crippen molar-refractivity contribution in [1.82, 2.24) is 10.2 Å². The second-order valence-corrected chi connectivity index (χ2v) is 5.54. The number of amides is 1. The van der Waals surface area contributed by atoms with E-state index in [1.54, 1.807) is 0 Å². The fourth-order valence-corrected chi connectivity index (χ4v) is 2.60. The standard InChI is InChI=1S/C15H20N2O/c1-17(10-11-2-3-11)15(18)13-5-4-12-6-7-16-9-14(12)8-13/h4-5,8,11,16H,2-3,6-7,9-10H2,1H3. The largest absolute Gasteiger partial charge is 0.341 e. The van der Waals surface area contributed by atoms with E-state index in [2.05, 4.69) is 17.4 Å². The van der Waals surface area contributed by atoms with Crippen LogP contribution in [-0.4, -0.2) is 30.9 Å². The van der Waals surface area contributed by atoms with Gasteiger partial charge in [-0.2, -0.15) is 0 Å². The van der Waals surface area contributed by atoms with Gasteiger partial charge in [0.2, 0.25) is 0 Å². The first kappa shape index (κ1) is 11.7. The van der Waals surface area contributed by atoms with Crippen molar-refractivity contribution in [1.29, 1.82) is 0 Å². The predicted molar refractivity (Wildman–Crippen MR) is 71.5 cm³/mol. The van der Waals surface area contributed by atoms with Crippen molar-refractivity contribution >= 4 is 5.91 Å². The summed E-state index contributed by atoms with van der Waals surface area (Å²) in [6, 6.07) is 6.16. The Kier molecular flexibility index (Phi) is 3.08. The molecule has 0 radical (unpaired) electrons. The summed E-state index contributed by atoms with van der Waals surface area (Å²) in [6.45, 7) is 2.85. The van der Waals surface area contributed by atoms with E-state index in [1.165, 1.54) is 24.0 Å². The summed E-state index contributed by atoms with van der Waals surface area (Å²) < 4.78 is 0. The van der Waals surface area contributed by atoms with Crippen LogP contribution in [0.3, 0.4) is 0 Å². The second-order valence-electron chi connectivity index (χ2n) is 5.54. The topological polar surface area (TPSA) is 32.3 Å². The molecular weight excluding hydrogens is 224 g/mol. The third-order valence-electron chi connectivity index (χ3n) is 3.92. The fraction of sp³-hybridized carbons (Fsp3) is 0.533. The summed E-state index contributed by atoms with van der Waals surface area (Å²) >= 11 is 0. The lowest BCUT2D eigenvalue weighted by molar-refractivity contribution is 0.0788. The maximum absolute atomic E-state index is 12.3. The summed E-state index contributed by atoms with van der Waals surface area (Å²) in [5.74, 6) is 0.911. The zero-order valence-corrected chi connectivity index (χ0v) is 10.9. The van der Waals surface area contributed by atoms with E-state index in [4.69, 9.17) is 0 Å². The first-order valence-corrected chi connectivity index (χ1v) is 6.82. The Morgan fingerprint density at radius 3 is 3.00 bits per heavy atom. The molecule has 0 aromatic heterocycles. The van der Waals surface area contributed by atoms with Crippen LogP contribution in [-0.2, 0) is 13.0 Å². The van der Waals surface area contributed by atoms with Crippen LogP contribution in [0.1, 0.15) is 34.3 Å². The van der Waals surface area contributed by atoms with Gasteiger partial charge in [0.05, 0.1) is 0 Å². The highest BCUT2D eigenvalue weighted by Gasteiger charge is 2.25. The third kappa shape index (κ3) is 2.41. The molecule has 0 atom stereocenters. The molecule has 3 rings (SSSR count). The lowest BCUT2D eigenvalue weighted by Crippen LogP contribution is -2.29. The molecule has 96 valence electrons. The van der Waals surface area contributed by atoms with Gasteiger partial charge in [0, 0.05) is 25.7 Å². The van der Waals surface area contributed by atoms with Crippen molar-refractivity contribution in [2.45, 2.75) is 25.8 Å². The minimum Gasteiger partial charge on any atom is -0.341 e. The number of carbonyl (C=O) groups is 1. The minimum absolute atomic E-state index is 0.162. The van der Waals surface area contributed by atoms with Crippen molar-refractivity contribution in [2.75, 3.05) is 20.1 Å². The number of nitrogens with zero attached hydrogens (tertiary/aromatic N) is 1. The monoisotopic (exact) mass is 244 g/mol. The Bertz CT molecular complexity index is 466. The SMILES string of the molecule is CN(CC1CC1)C(=O)c1ccc2c(c1)CNCC2. The van der Waals surface area contributed by atoms with Gasteiger partial charge in [-0.25, -0.2) is 0 Å². The summed E-state index contributed by atoms with van der Waals surface area (Å²) in [4.78, 5) is 14.2. The molecule has 3 nitrogen and oxygen atoms in total. The van der Waals surface area contributed by atoms with Crippen LogP contribution >= 0.6 is 0 Å². The number of carbonyl (C=O) groups excluding carboxylic acids is 1. The molecule has 2 aliphatic rings. The maximum atomic E-state index is 12.3. The van der Waals surface area contributed by atoms with E-state index in [1.807, 2.05) is 18.0 Å². The molecule has 0 saturated heterocycles. The van der Waals surface area contributed by atoms with Crippen LogP contribution in [0.5, 0.6) is 0 Å². The van der Waals surface area contributed by atoms with E-state index < -0.39 is 0 Å². The Balaban J connectivity index is 1.76. The molecule has 1 amide bonds. The molecule has 0 spiro atoms. The van der Waals surface area contributed by atoms with Gasteiger partial charge < -0.3 is 10.2 Å². The molecule has 0 bridgehead atoms. The average Bonchev–Trinajstić information content (AvgIpc) is 3.21. The van der Waals surface area contributed by atoms with E-state index in [0.717, 1.165) is 37.5 Å². The predicted octanol–water partition coefficient (Wildman–Crippen LogP) is 1.81. The molecule has 1 aromatic rings. The van der Waals surface area contributed by atoms with Crippen molar-refractivity contribution in [3.8, 4) is 0 Å². The molecule has 1 heterocycles. The molecule has 1 N–H and O–H groups in total. The van der Waals surface area contributed by atoms with E-state index in [0.29, 0.717) is 0 Å². The highest BCUT2D eigenvalue weighted by atomic mass is 16.2. The Morgan fingerprint density at radius 1 is 1.39 bits per heavy atom. The average molecular weight is 244 g/mol. The molecule has 1 aliphatic carbocycles. The van der Waals surface area contributed by atoms with Crippen LogP contribution in [0.4, 0.5) is 0 Å². The van der Waals surface area contributed by atoms with E-state index >= 15 is 0 Å². The van der Waals surface area contributed by atoms with Crippen molar-refractivity contribution in [3.63, 3.8) is 0 Å². The van der Waals surface area contributed by atoms with Crippen LogP contribution < -0.4 is 5.32 Å². The normalized spacial score (nSPS) is 18.3. The van der Waals surface area contributed by atoms with Gasteiger partial charge in [0.15, 0.2) is 0 Å². The van der Waals surface area contributed by atoms with Gasteiger partial charge in [-0.1, -0.05) is 6.07 Å². The number of rotatable bonds is 3. The van der Waals surface area contributed by atoms with Crippen molar-refractivity contribution in [2.24, 2.45) is 5.92 Å². The Labute approximate surface area is 108 Å². The zero-order valence-electron chi connectivity index (χ0n) is 10.9. The molecule has 1 aliphatic heterocycles. The maximum Gasteiger partial charge on any atom is 0.253 e. The summed E-state index contributed by atoms with van der Waals surface area (Å²) in [7, 11) is 1.92. The third-order valence-corrected chi connectivity index (χ3v) is 3.92. The first-order chi connectivity index (χ1) is 8.74. The van der Waals surface area contributed by atoms with Crippen LogP contribution in [0, 0.1) is 5.92 Å². The van der Waals surface area contributed by atoms with Crippen molar-refractivity contribution in [3.05, 3.63) is 34.9 Å². The summed E-state index contributed by atoms with van der Waals surface area (Å²) in [5.41, 5.74) is 3.50. The van der Waals surface area contributed by atoms with Crippen LogP contribution in [0.15, 0.2) is 18.2 Å². The molecular formula is C15H20N2O. The van der Waals surface area contributed by atoms with Gasteiger partial charge in [-0.05, 0) is 55.0 Å². The fourth-order valence-electron chi connectivity index (χ4n) is 2.60. The quantitative estimate of drug-likeness (QED) is 0.879. The number of hydrogen-bond acceptors (Lipinski definition) is 2. The zero-order chi connectivity index (χ0) is 12.5. The molecule has 0 unspecified atom stereocenters. The lowest BCUT2D eigenvalue weighted by Gasteiger charge is -2.20. The van der Waals surface area contributed by atoms with Gasteiger partial charge in [0.25, 0.3) is 5.91 Å². The number of nitrogens with one attached hydrogen (secondary N) is 1. The van der Waals surface area contributed by atoms with Crippen LogP contribution in [0.2, 0.25) is 0 Å². The van der Waals surface area contributed by atoms with Crippen LogP contribution in [0.25, 0.3) is 0 Å². The first-order valence-electron chi connectivity index (χ1n) is 6.82. The van der Waals surface area contributed by atoms with Gasteiger partial charge in [-0.3, -0.25) is 4.79 Å². The van der Waals surface area contributed by atoms with E-state index in [9.17, 15) is 4.79 Å². The Hall–Kier alpha value is -1.35. The number of fused-ring (bicyclic) bond motifs is 1. The smallest absolute Gasteiger partial charge is 0.253 e. The molecule has 3 heteroatoms. The highest BCUT2D eigenvalue weighted by molar-refractivity contribution is 5.94. The van der Waals surface area contributed by atoms with Gasteiger partial charge in [-0.15, -0.1) is 0 Å². The molecule has 18 heavy (non-hydrogen) atoms. The molecule has 1 fully saturated rings. The minimum atomic E-state index is 0.162. The highest BCUT2D eigenvalue weighted by Crippen LogP contribution is 2.29. The molecule has 1 aromatic carbocycles. The van der Waals surface area contributed by atoms with Crippen molar-refractivity contribution < 1.29 is 4.79 Å². The lowest BCUT2D eigenvalue weighted by atomic mass is 9.98.